The van der Waals surface area contributed by atoms with Crippen molar-refractivity contribution in [1.82, 2.24) is 8.87 Å². The molecule has 1 amide bonds. The highest BCUT2D eigenvalue weighted by molar-refractivity contribution is 7.89. The fourth-order valence-corrected chi connectivity index (χ4v) is 3.02. The van der Waals surface area contributed by atoms with Crippen LogP contribution in [0.15, 0.2) is 52.3 Å². The maximum absolute atomic E-state index is 12.2. The van der Waals surface area contributed by atoms with Gasteiger partial charge in [-0.3, -0.25) is 9.59 Å². The van der Waals surface area contributed by atoms with Crippen molar-refractivity contribution < 1.29 is 17.9 Å². The second kappa shape index (κ2) is 7.49. The number of hydrogen-bond donors (Lipinski definition) is 1. The predicted molar refractivity (Wildman–Crippen MR) is 93.2 cm³/mol. The molecule has 8 nitrogen and oxygen atoms in total. The number of nitrogens with zero attached hydrogens (tertiary/aromatic N) is 2. The van der Waals surface area contributed by atoms with Crippen LogP contribution in [0.5, 0.6) is 5.75 Å². The van der Waals surface area contributed by atoms with Gasteiger partial charge in [-0.05, 0) is 24.3 Å². The van der Waals surface area contributed by atoms with E-state index in [2.05, 4.69) is 5.32 Å². The number of benzene rings is 1. The SMILES string of the molecule is COc1ccc(S(=O)(=O)N(C)C)cc1NC(=O)Cn1ccccc1=O. The minimum absolute atomic E-state index is 0.0190. The van der Waals surface area contributed by atoms with Crippen LogP contribution in [0.3, 0.4) is 0 Å². The number of hydrogen-bond acceptors (Lipinski definition) is 5. The summed E-state index contributed by atoms with van der Waals surface area (Å²) >= 11 is 0. The lowest BCUT2D eigenvalue weighted by Crippen LogP contribution is -2.27. The number of carbonyl (C=O) groups is 1. The molecule has 0 radical (unpaired) electrons. The van der Waals surface area contributed by atoms with Gasteiger partial charge in [0.15, 0.2) is 0 Å². The first kappa shape index (κ1) is 18.7. The molecule has 0 aliphatic heterocycles. The molecule has 1 N–H and O–H groups in total. The van der Waals surface area contributed by atoms with Gasteiger partial charge in [0.05, 0.1) is 17.7 Å². The van der Waals surface area contributed by atoms with Crippen molar-refractivity contribution in [2.75, 3.05) is 26.5 Å². The largest absolute Gasteiger partial charge is 0.495 e. The average molecular weight is 365 g/mol. The Morgan fingerprint density at radius 2 is 1.96 bits per heavy atom. The zero-order valence-corrected chi connectivity index (χ0v) is 14.9. The molecule has 0 unspecified atom stereocenters. The van der Waals surface area contributed by atoms with Gasteiger partial charge in [0.25, 0.3) is 5.56 Å². The van der Waals surface area contributed by atoms with Gasteiger partial charge in [-0.2, -0.15) is 0 Å². The number of amides is 1. The molecule has 0 aliphatic rings. The summed E-state index contributed by atoms with van der Waals surface area (Å²) in [7, 11) is 0.588. The molecule has 0 atom stereocenters. The summed E-state index contributed by atoms with van der Waals surface area (Å²) in [5.41, 5.74) is -0.104. The van der Waals surface area contributed by atoms with Crippen molar-refractivity contribution in [3.63, 3.8) is 0 Å². The topological polar surface area (TPSA) is 97.7 Å². The number of aromatic nitrogens is 1. The number of methoxy groups -OCH3 is 1. The maximum atomic E-state index is 12.2. The van der Waals surface area contributed by atoms with E-state index in [4.69, 9.17) is 4.74 Å². The van der Waals surface area contributed by atoms with Crippen LogP contribution >= 0.6 is 0 Å². The predicted octanol–water partition coefficient (Wildman–Crippen LogP) is 0.746. The minimum atomic E-state index is -3.65. The number of ether oxygens (including phenoxy) is 1. The van der Waals surface area contributed by atoms with E-state index in [1.165, 1.54) is 56.2 Å². The lowest BCUT2D eigenvalue weighted by molar-refractivity contribution is -0.116. The summed E-state index contributed by atoms with van der Waals surface area (Å²) in [5.74, 6) is -0.169. The standard InChI is InChI=1S/C16H19N3O5S/c1-18(2)25(22,23)12-7-8-14(24-3)13(10-12)17-15(20)11-19-9-5-4-6-16(19)21/h4-10H,11H2,1-3H3,(H,17,20). The molecule has 9 heteroatoms. The van der Waals surface area contributed by atoms with Gasteiger partial charge >= 0.3 is 0 Å². The highest BCUT2D eigenvalue weighted by atomic mass is 32.2. The van der Waals surface area contributed by atoms with E-state index in [-0.39, 0.29) is 22.7 Å². The number of pyridine rings is 1. The van der Waals surface area contributed by atoms with Crippen LogP contribution in [0, 0.1) is 0 Å². The summed E-state index contributed by atoms with van der Waals surface area (Å²) in [5, 5.41) is 2.58. The smallest absolute Gasteiger partial charge is 0.250 e. The first-order chi connectivity index (χ1) is 11.8. The molecule has 0 aliphatic carbocycles. The Kier molecular flexibility index (Phi) is 5.60. The van der Waals surface area contributed by atoms with Gasteiger partial charge in [-0.15, -0.1) is 0 Å². The molecule has 134 valence electrons. The van der Waals surface area contributed by atoms with E-state index in [9.17, 15) is 18.0 Å². The Morgan fingerprint density at radius 1 is 1.24 bits per heavy atom. The first-order valence-electron chi connectivity index (χ1n) is 7.31. The number of sulfonamides is 1. The van der Waals surface area contributed by atoms with Crippen LogP contribution in [0.2, 0.25) is 0 Å². The molecule has 0 bridgehead atoms. The second-order valence-electron chi connectivity index (χ2n) is 5.36. The molecule has 1 aromatic carbocycles. The molecule has 1 heterocycles. The van der Waals surface area contributed by atoms with Gasteiger partial charge in [-0.1, -0.05) is 6.07 Å². The molecular weight excluding hydrogens is 346 g/mol. The molecule has 0 fully saturated rings. The summed E-state index contributed by atoms with van der Waals surface area (Å²) < 4.78 is 31.9. The Morgan fingerprint density at radius 3 is 2.56 bits per heavy atom. The lowest BCUT2D eigenvalue weighted by atomic mass is 10.3. The highest BCUT2D eigenvalue weighted by Gasteiger charge is 2.20. The van der Waals surface area contributed by atoms with Gasteiger partial charge in [0.2, 0.25) is 15.9 Å². The number of rotatable bonds is 6. The van der Waals surface area contributed by atoms with Gasteiger partial charge in [-0.25, -0.2) is 12.7 Å². The van der Waals surface area contributed by atoms with E-state index in [1.807, 2.05) is 0 Å². The van der Waals surface area contributed by atoms with E-state index in [0.717, 1.165) is 4.31 Å². The quantitative estimate of drug-likeness (QED) is 0.814. The van der Waals surface area contributed by atoms with Crippen molar-refractivity contribution in [3.05, 3.63) is 52.9 Å². The van der Waals surface area contributed by atoms with Gasteiger partial charge < -0.3 is 14.6 Å². The van der Waals surface area contributed by atoms with E-state index < -0.39 is 15.9 Å². The molecule has 0 spiro atoms. The fraction of sp³-hybridized carbons (Fsp3) is 0.250. The third kappa shape index (κ3) is 4.25. The van der Waals surface area contributed by atoms with Crippen molar-refractivity contribution in [1.29, 1.82) is 0 Å². The molecule has 0 saturated carbocycles. The van der Waals surface area contributed by atoms with Crippen molar-refractivity contribution >= 4 is 21.6 Å². The lowest BCUT2D eigenvalue weighted by Gasteiger charge is -2.15. The summed E-state index contributed by atoms with van der Waals surface area (Å²) in [4.78, 5) is 23.9. The third-order valence-corrected chi connectivity index (χ3v) is 5.25. The van der Waals surface area contributed by atoms with Crippen LogP contribution in [-0.4, -0.2) is 44.4 Å². The Labute approximate surface area is 145 Å². The molecule has 1 aromatic heterocycles. The van der Waals surface area contributed by atoms with Crippen molar-refractivity contribution in [2.45, 2.75) is 11.4 Å². The fourth-order valence-electron chi connectivity index (χ4n) is 2.09. The van der Waals surface area contributed by atoms with Crippen molar-refractivity contribution in [2.24, 2.45) is 0 Å². The summed E-state index contributed by atoms with van der Waals surface area (Å²) in [6.45, 7) is -0.201. The molecule has 0 saturated heterocycles. The summed E-state index contributed by atoms with van der Waals surface area (Å²) in [6.07, 6.45) is 1.49. The maximum Gasteiger partial charge on any atom is 0.250 e. The van der Waals surface area contributed by atoms with Gasteiger partial charge in [0.1, 0.15) is 12.3 Å². The van der Waals surface area contributed by atoms with Gasteiger partial charge in [0, 0.05) is 26.4 Å². The zero-order valence-electron chi connectivity index (χ0n) is 14.1. The average Bonchev–Trinajstić information content (AvgIpc) is 2.56. The Bertz CT molecular complexity index is 935. The molecular formula is C16H19N3O5S. The molecule has 2 aromatic rings. The van der Waals surface area contributed by atoms with Crippen LogP contribution in [0.4, 0.5) is 5.69 Å². The minimum Gasteiger partial charge on any atom is -0.495 e. The van der Waals surface area contributed by atoms with E-state index >= 15 is 0 Å². The molecule has 2 rings (SSSR count). The van der Waals surface area contributed by atoms with Crippen LogP contribution in [0.1, 0.15) is 0 Å². The highest BCUT2D eigenvalue weighted by Crippen LogP contribution is 2.28. The van der Waals surface area contributed by atoms with Crippen molar-refractivity contribution in [3.8, 4) is 5.75 Å². The molecule has 25 heavy (non-hydrogen) atoms. The second-order valence-corrected chi connectivity index (χ2v) is 7.52. The van der Waals surface area contributed by atoms with E-state index in [1.54, 1.807) is 12.1 Å². The first-order valence-corrected chi connectivity index (χ1v) is 8.75. The monoisotopic (exact) mass is 365 g/mol. The van der Waals surface area contributed by atoms with E-state index in [0.29, 0.717) is 5.75 Å². The normalized spacial score (nSPS) is 11.4. The number of carbonyl (C=O) groups excluding carboxylic acids is 1. The number of anilines is 1. The Hall–Kier alpha value is -2.65. The third-order valence-electron chi connectivity index (χ3n) is 3.44. The van der Waals surface area contributed by atoms with Crippen LogP contribution in [0.25, 0.3) is 0 Å². The summed E-state index contributed by atoms with van der Waals surface area (Å²) in [6, 6.07) is 8.74. The van der Waals surface area contributed by atoms with Crippen LogP contribution < -0.4 is 15.6 Å². The number of nitrogens with one attached hydrogen (secondary N) is 1. The van der Waals surface area contributed by atoms with Crippen LogP contribution in [-0.2, 0) is 21.4 Å². The Balaban J connectivity index is 2.30. The zero-order chi connectivity index (χ0) is 18.6.